The van der Waals surface area contributed by atoms with Gasteiger partial charge in [-0.05, 0) is 50.5 Å². The lowest BCUT2D eigenvalue weighted by Gasteiger charge is -2.04. The van der Waals surface area contributed by atoms with Gasteiger partial charge in [0.15, 0.2) is 0 Å². The van der Waals surface area contributed by atoms with E-state index in [0.717, 1.165) is 15.5 Å². The lowest BCUT2D eigenvalue weighted by Crippen LogP contribution is -2.05. The van der Waals surface area contributed by atoms with Crippen molar-refractivity contribution in [2.45, 2.75) is 6.54 Å². The normalized spacial score (nSPS) is 10.1. The highest BCUT2D eigenvalue weighted by atomic mass is 79.9. The Kier molecular flexibility index (Phi) is 3.55. The highest BCUT2D eigenvalue weighted by Gasteiger charge is 2.00. The molecule has 0 unspecified atom stereocenters. The van der Waals surface area contributed by atoms with Gasteiger partial charge in [0.2, 0.25) is 0 Å². The summed E-state index contributed by atoms with van der Waals surface area (Å²) in [5.74, 6) is 0. The predicted molar refractivity (Wildman–Crippen MR) is 54.6 cm³/mol. The minimum atomic E-state index is 0.889. The van der Waals surface area contributed by atoms with Gasteiger partial charge in [0.1, 0.15) is 0 Å². The molecule has 1 aromatic rings. The Labute approximate surface area is 83.4 Å². The fourth-order valence-corrected chi connectivity index (χ4v) is 1.69. The summed E-state index contributed by atoms with van der Waals surface area (Å²) in [6, 6.07) is 6.14. The molecule has 1 aromatic carbocycles. The maximum atomic E-state index is 3.49. The predicted octanol–water partition coefficient (Wildman–Crippen LogP) is 2.93. The molecule has 0 heterocycles. The molecule has 0 aliphatic heterocycles. The van der Waals surface area contributed by atoms with Gasteiger partial charge < -0.3 is 5.32 Å². The Morgan fingerprint density at radius 3 is 2.73 bits per heavy atom. The van der Waals surface area contributed by atoms with Crippen molar-refractivity contribution >= 4 is 31.9 Å². The zero-order chi connectivity index (χ0) is 8.27. The maximum absolute atomic E-state index is 3.49. The number of rotatable bonds is 2. The van der Waals surface area contributed by atoms with E-state index in [1.54, 1.807) is 0 Å². The summed E-state index contributed by atoms with van der Waals surface area (Å²) >= 11 is 6.94. The van der Waals surface area contributed by atoms with Crippen molar-refractivity contribution in [3.63, 3.8) is 0 Å². The van der Waals surface area contributed by atoms with Gasteiger partial charge in [-0.25, -0.2) is 0 Å². The van der Waals surface area contributed by atoms with Crippen LogP contribution < -0.4 is 5.32 Å². The van der Waals surface area contributed by atoms with Crippen LogP contribution in [0.4, 0.5) is 0 Å². The highest BCUT2D eigenvalue weighted by Crippen LogP contribution is 2.26. The van der Waals surface area contributed by atoms with E-state index in [1.165, 1.54) is 5.56 Å². The number of halogens is 2. The van der Waals surface area contributed by atoms with Crippen molar-refractivity contribution in [2.24, 2.45) is 0 Å². The fourth-order valence-electron chi connectivity index (χ4n) is 0.875. The molecule has 0 saturated heterocycles. The molecule has 11 heavy (non-hydrogen) atoms. The number of benzene rings is 1. The molecule has 1 N–H and O–H groups in total. The third kappa shape index (κ3) is 2.29. The smallest absolute Gasteiger partial charge is 0.0362 e. The van der Waals surface area contributed by atoms with Gasteiger partial charge in [0, 0.05) is 15.5 Å². The molecule has 0 radical (unpaired) electrons. The summed E-state index contributed by atoms with van der Waals surface area (Å²) in [7, 11) is 1.94. The third-order valence-electron chi connectivity index (χ3n) is 1.40. The maximum Gasteiger partial charge on any atom is 0.0362 e. The van der Waals surface area contributed by atoms with Gasteiger partial charge in [-0.2, -0.15) is 0 Å². The molecule has 0 fully saturated rings. The molecular weight excluding hydrogens is 270 g/mol. The number of nitrogens with one attached hydrogen (secondary N) is 1. The molecule has 0 saturated carbocycles. The van der Waals surface area contributed by atoms with E-state index >= 15 is 0 Å². The van der Waals surface area contributed by atoms with E-state index in [0.29, 0.717) is 0 Å². The summed E-state index contributed by atoms with van der Waals surface area (Å²) in [5, 5.41) is 3.10. The molecule has 0 aliphatic carbocycles. The first-order valence-electron chi connectivity index (χ1n) is 3.33. The summed E-state index contributed by atoms with van der Waals surface area (Å²) in [6.07, 6.45) is 0. The molecule has 1 rings (SSSR count). The Morgan fingerprint density at radius 2 is 2.09 bits per heavy atom. The van der Waals surface area contributed by atoms with E-state index in [2.05, 4.69) is 43.2 Å². The second-order valence-corrected chi connectivity index (χ2v) is 3.89. The van der Waals surface area contributed by atoms with Crippen molar-refractivity contribution in [1.29, 1.82) is 0 Å². The van der Waals surface area contributed by atoms with Crippen molar-refractivity contribution in [3.05, 3.63) is 32.7 Å². The molecule has 1 nitrogen and oxygen atoms in total. The van der Waals surface area contributed by atoms with E-state index in [4.69, 9.17) is 0 Å². The quantitative estimate of drug-likeness (QED) is 0.877. The van der Waals surface area contributed by atoms with Crippen LogP contribution in [0.2, 0.25) is 0 Å². The molecule has 0 spiro atoms. The van der Waals surface area contributed by atoms with Crippen LogP contribution in [0.3, 0.4) is 0 Å². The first-order valence-corrected chi connectivity index (χ1v) is 4.92. The van der Waals surface area contributed by atoms with Crippen molar-refractivity contribution in [3.8, 4) is 0 Å². The van der Waals surface area contributed by atoms with Crippen molar-refractivity contribution in [1.82, 2.24) is 5.32 Å². The van der Waals surface area contributed by atoms with Crippen LogP contribution in [0.25, 0.3) is 0 Å². The van der Waals surface area contributed by atoms with Gasteiger partial charge in [-0.3, -0.25) is 0 Å². The Morgan fingerprint density at radius 1 is 1.36 bits per heavy atom. The SMILES string of the molecule is CNCc1cccc(Br)c1Br. The topological polar surface area (TPSA) is 12.0 Å². The van der Waals surface area contributed by atoms with Gasteiger partial charge in [0.25, 0.3) is 0 Å². The lowest BCUT2D eigenvalue weighted by atomic mass is 10.2. The summed E-state index contributed by atoms with van der Waals surface area (Å²) in [4.78, 5) is 0. The minimum Gasteiger partial charge on any atom is -0.316 e. The molecule has 0 amide bonds. The third-order valence-corrected chi connectivity index (χ3v) is 3.53. The zero-order valence-electron chi connectivity index (χ0n) is 6.20. The Bertz CT molecular complexity index is 248. The average molecular weight is 279 g/mol. The summed E-state index contributed by atoms with van der Waals surface area (Å²) in [5.41, 5.74) is 1.27. The molecule has 0 aromatic heterocycles. The molecular formula is C8H9Br2N. The van der Waals surface area contributed by atoms with Crippen LogP contribution in [0.5, 0.6) is 0 Å². The Balaban J connectivity index is 2.96. The van der Waals surface area contributed by atoms with Crippen LogP contribution >= 0.6 is 31.9 Å². The molecule has 0 bridgehead atoms. The Hall–Kier alpha value is 0.140. The van der Waals surface area contributed by atoms with Crippen LogP contribution in [0, 0.1) is 0 Å². The van der Waals surface area contributed by atoms with Gasteiger partial charge in [-0.15, -0.1) is 0 Å². The van der Waals surface area contributed by atoms with Crippen LogP contribution in [0.15, 0.2) is 27.1 Å². The van der Waals surface area contributed by atoms with Gasteiger partial charge >= 0.3 is 0 Å². The monoisotopic (exact) mass is 277 g/mol. The summed E-state index contributed by atoms with van der Waals surface area (Å²) in [6.45, 7) is 0.889. The van der Waals surface area contributed by atoms with E-state index in [-0.39, 0.29) is 0 Å². The average Bonchev–Trinajstić information content (AvgIpc) is 1.99. The van der Waals surface area contributed by atoms with Crippen molar-refractivity contribution in [2.75, 3.05) is 7.05 Å². The van der Waals surface area contributed by atoms with Crippen LogP contribution in [-0.2, 0) is 6.54 Å². The molecule has 0 atom stereocenters. The molecule has 60 valence electrons. The minimum absolute atomic E-state index is 0.889. The number of hydrogen-bond acceptors (Lipinski definition) is 1. The van der Waals surface area contributed by atoms with E-state index in [9.17, 15) is 0 Å². The largest absolute Gasteiger partial charge is 0.316 e. The lowest BCUT2D eigenvalue weighted by molar-refractivity contribution is 0.814. The van der Waals surface area contributed by atoms with Crippen molar-refractivity contribution < 1.29 is 0 Å². The summed E-state index contributed by atoms with van der Waals surface area (Å²) < 4.78 is 2.24. The van der Waals surface area contributed by atoms with Crippen LogP contribution in [0.1, 0.15) is 5.56 Å². The van der Waals surface area contributed by atoms with Crippen LogP contribution in [-0.4, -0.2) is 7.05 Å². The molecule has 3 heteroatoms. The second-order valence-electron chi connectivity index (χ2n) is 2.24. The van der Waals surface area contributed by atoms with Gasteiger partial charge in [0.05, 0.1) is 0 Å². The standard InChI is InChI=1S/C8H9Br2N/c1-11-5-6-3-2-4-7(9)8(6)10/h2-4,11H,5H2,1H3. The van der Waals surface area contributed by atoms with Gasteiger partial charge in [-0.1, -0.05) is 12.1 Å². The first kappa shape index (κ1) is 9.23. The highest BCUT2D eigenvalue weighted by molar-refractivity contribution is 9.13. The molecule has 0 aliphatic rings. The first-order chi connectivity index (χ1) is 5.25. The number of hydrogen-bond donors (Lipinski definition) is 1. The van der Waals surface area contributed by atoms with E-state index in [1.807, 2.05) is 19.2 Å². The zero-order valence-corrected chi connectivity index (χ0v) is 9.37. The second kappa shape index (κ2) is 4.24. The fraction of sp³-hybridized carbons (Fsp3) is 0.250. The van der Waals surface area contributed by atoms with E-state index < -0.39 is 0 Å².